The molecule has 0 saturated carbocycles. The van der Waals surface area contributed by atoms with Gasteiger partial charge < -0.3 is 9.47 Å². The molecule has 0 aliphatic rings. The topological polar surface area (TPSA) is 35.5 Å². The van der Waals surface area contributed by atoms with Gasteiger partial charge in [-0.2, -0.15) is 0 Å². The molecule has 5 heteroatoms. The number of rotatable bonds is 4. The quantitative estimate of drug-likeness (QED) is 0.568. The van der Waals surface area contributed by atoms with Gasteiger partial charge in [-0.3, -0.25) is 4.79 Å². The molecule has 2 aromatic rings. The van der Waals surface area contributed by atoms with Crippen LogP contribution in [0.2, 0.25) is 5.02 Å². The molecule has 0 heterocycles. The van der Waals surface area contributed by atoms with Crippen molar-refractivity contribution in [2.75, 3.05) is 14.2 Å². The summed E-state index contributed by atoms with van der Waals surface area (Å²) >= 11 is 8.07. The number of benzene rings is 2. The Morgan fingerprint density at radius 3 is 2.35 bits per heavy atom. The Kier molecular flexibility index (Phi) is 4.88. The van der Waals surface area contributed by atoms with E-state index in [2.05, 4.69) is 22.6 Å². The van der Waals surface area contributed by atoms with Gasteiger partial charge >= 0.3 is 0 Å². The van der Waals surface area contributed by atoms with Crippen molar-refractivity contribution in [3.63, 3.8) is 0 Å². The molecular weight excluding hydrogens is 391 g/mol. The average molecular weight is 403 g/mol. The summed E-state index contributed by atoms with van der Waals surface area (Å²) in [5.74, 6) is 0.824. The lowest BCUT2D eigenvalue weighted by Gasteiger charge is -2.11. The fourth-order valence-electron chi connectivity index (χ4n) is 1.86. The van der Waals surface area contributed by atoms with Gasteiger partial charge in [0.05, 0.1) is 25.3 Å². The number of carbonyl (C=O) groups is 1. The molecule has 0 radical (unpaired) electrons. The van der Waals surface area contributed by atoms with Gasteiger partial charge in [-0.25, -0.2) is 0 Å². The van der Waals surface area contributed by atoms with Crippen LogP contribution in [0.3, 0.4) is 0 Å². The van der Waals surface area contributed by atoms with Gasteiger partial charge in [0.1, 0.15) is 11.5 Å². The van der Waals surface area contributed by atoms with Gasteiger partial charge in [-0.05, 0) is 59.0 Å². The summed E-state index contributed by atoms with van der Waals surface area (Å²) in [5, 5.41) is 0.521. The molecule has 0 aliphatic carbocycles. The van der Waals surface area contributed by atoms with Gasteiger partial charge in [0.15, 0.2) is 0 Å². The Bertz CT molecular complexity index is 656. The van der Waals surface area contributed by atoms with Crippen molar-refractivity contribution in [1.82, 2.24) is 0 Å². The first-order chi connectivity index (χ1) is 9.56. The molecule has 2 aromatic carbocycles. The lowest BCUT2D eigenvalue weighted by Crippen LogP contribution is -2.06. The number of methoxy groups -OCH3 is 2. The van der Waals surface area contributed by atoms with Crippen LogP contribution in [-0.4, -0.2) is 20.0 Å². The van der Waals surface area contributed by atoms with Crippen LogP contribution in [0, 0.1) is 3.57 Å². The van der Waals surface area contributed by atoms with Gasteiger partial charge in [0.2, 0.25) is 5.78 Å². The maximum Gasteiger partial charge on any atom is 0.200 e. The average Bonchev–Trinajstić information content (AvgIpc) is 2.46. The number of ketones is 1. The Morgan fingerprint density at radius 2 is 1.70 bits per heavy atom. The molecule has 0 bridgehead atoms. The van der Waals surface area contributed by atoms with Crippen molar-refractivity contribution in [2.24, 2.45) is 0 Å². The molecule has 0 aliphatic heterocycles. The molecule has 0 N–H and O–H groups in total. The minimum Gasteiger partial charge on any atom is -0.496 e. The summed E-state index contributed by atoms with van der Waals surface area (Å²) in [6, 6.07) is 10.4. The first-order valence-corrected chi connectivity index (χ1v) is 7.24. The minimum absolute atomic E-state index is 0.158. The molecule has 0 fully saturated rings. The number of hydrogen-bond acceptors (Lipinski definition) is 3. The van der Waals surface area contributed by atoms with Crippen LogP contribution in [0.1, 0.15) is 15.9 Å². The second kappa shape index (κ2) is 6.45. The molecule has 0 amide bonds. The highest BCUT2D eigenvalue weighted by molar-refractivity contribution is 14.1. The second-order valence-corrected chi connectivity index (χ2v) is 5.70. The Morgan fingerprint density at radius 1 is 1.00 bits per heavy atom. The first-order valence-electron chi connectivity index (χ1n) is 5.78. The van der Waals surface area contributed by atoms with E-state index in [4.69, 9.17) is 21.1 Å². The Hall–Kier alpha value is -1.27. The van der Waals surface area contributed by atoms with Crippen LogP contribution in [0.15, 0.2) is 36.4 Å². The smallest absolute Gasteiger partial charge is 0.200 e. The summed E-state index contributed by atoms with van der Waals surface area (Å²) in [5.41, 5.74) is 0.956. The number of hydrogen-bond donors (Lipinski definition) is 0. The van der Waals surface area contributed by atoms with E-state index < -0.39 is 0 Å². The highest BCUT2D eigenvalue weighted by Crippen LogP contribution is 2.29. The van der Waals surface area contributed by atoms with Crippen molar-refractivity contribution in [3.8, 4) is 11.5 Å². The molecule has 0 aromatic heterocycles. The minimum atomic E-state index is -0.158. The number of ether oxygens (including phenoxy) is 2. The zero-order chi connectivity index (χ0) is 14.7. The summed E-state index contributed by atoms with van der Waals surface area (Å²) in [7, 11) is 3.05. The van der Waals surface area contributed by atoms with E-state index in [0.29, 0.717) is 27.6 Å². The fraction of sp³-hybridized carbons (Fsp3) is 0.133. The maximum atomic E-state index is 12.7. The molecule has 104 valence electrons. The summed E-state index contributed by atoms with van der Waals surface area (Å²) in [6.45, 7) is 0. The Balaban J connectivity index is 2.54. The largest absolute Gasteiger partial charge is 0.496 e. The predicted molar refractivity (Wildman–Crippen MR) is 87.1 cm³/mol. The third-order valence-corrected chi connectivity index (χ3v) is 3.72. The van der Waals surface area contributed by atoms with Crippen molar-refractivity contribution < 1.29 is 14.3 Å². The van der Waals surface area contributed by atoms with Gasteiger partial charge in [0, 0.05) is 8.59 Å². The van der Waals surface area contributed by atoms with Crippen molar-refractivity contribution in [1.29, 1.82) is 0 Å². The molecule has 0 spiro atoms. The molecule has 2 rings (SSSR count). The van der Waals surface area contributed by atoms with E-state index >= 15 is 0 Å². The summed E-state index contributed by atoms with van der Waals surface area (Å²) in [4.78, 5) is 12.7. The molecule has 20 heavy (non-hydrogen) atoms. The van der Waals surface area contributed by atoms with E-state index in [-0.39, 0.29) is 5.78 Å². The SMILES string of the molecule is COc1cc(Cl)ccc1C(=O)c1cc(I)ccc1OC. The first kappa shape index (κ1) is 15.1. The van der Waals surface area contributed by atoms with E-state index in [0.717, 1.165) is 3.57 Å². The third kappa shape index (κ3) is 3.07. The van der Waals surface area contributed by atoms with Gasteiger partial charge in [-0.15, -0.1) is 0 Å². The summed E-state index contributed by atoms with van der Waals surface area (Å²) in [6.07, 6.45) is 0. The van der Waals surface area contributed by atoms with Crippen molar-refractivity contribution in [3.05, 3.63) is 56.1 Å². The lowest BCUT2D eigenvalue weighted by atomic mass is 10.0. The van der Waals surface area contributed by atoms with Crippen LogP contribution in [0.5, 0.6) is 11.5 Å². The van der Waals surface area contributed by atoms with E-state index in [1.54, 1.807) is 30.3 Å². The molecule has 3 nitrogen and oxygen atoms in total. The van der Waals surface area contributed by atoms with Crippen molar-refractivity contribution in [2.45, 2.75) is 0 Å². The van der Waals surface area contributed by atoms with Crippen LogP contribution in [0.4, 0.5) is 0 Å². The van der Waals surface area contributed by atoms with E-state index in [9.17, 15) is 4.79 Å². The Labute approximate surface area is 136 Å². The monoisotopic (exact) mass is 402 g/mol. The third-order valence-electron chi connectivity index (χ3n) is 2.81. The second-order valence-electron chi connectivity index (χ2n) is 4.02. The van der Waals surface area contributed by atoms with Crippen LogP contribution in [0.25, 0.3) is 0 Å². The maximum absolute atomic E-state index is 12.7. The molecule has 0 atom stereocenters. The lowest BCUT2D eigenvalue weighted by molar-refractivity contribution is 0.103. The highest BCUT2D eigenvalue weighted by Gasteiger charge is 2.19. The van der Waals surface area contributed by atoms with Crippen LogP contribution < -0.4 is 9.47 Å². The van der Waals surface area contributed by atoms with Gasteiger partial charge in [-0.1, -0.05) is 11.6 Å². The normalized spacial score (nSPS) is 10.2. The molecular formula is C15H12ClIO3. The van der Waals surface area contributed by atoms with Crippen LogP contribution in [-0.2, 0) is 0 Å². The van der Waals surface area contributed by atoms with E-state index in [1.165, 1.54) is 14.2 Å². The number of carbonyl (C=O) groups excluding carboxylic acids is 1. The van der Waals surface area contributed by atoms with Crippen LogP contribution >= 0.6 is 34.2 Å². The molecule has 0 saturated heterocycles. The zero-order valence-electron chi connectivity index (χ0n) is 10.9. The summed E-state index contributed by atoms with van der Waals surface area (Å²) < 4.78 is 11.4. The zero-order valence-corrected chi connectivity index (χ0v) is 13.9. The molecule has 0 unspecified atom stereocenters. The standard InChI is InChI=1S/C15H12ClIO3/c1-19-13-6-4-10(17)8-12(13)15(18)11-5-3-9(16)7-14(11)20-2/h3-8H,1-2H3. The number of halogens is 2. The predicted octanol–water partition coefficient (Wildman–Crippen LogP) is 4.19. The fourth-order valence-corrected chi connectivity index (χ4v) is 2.51. The highest BCUT2D eigenvalue weighted by atomic mass is 127. The van der Waals surface area contributed by atoms with E-state index in [1.807, 2.05) is 6.07 Å². The van der Waals surface area contributed by atoms with Gasteiger partial charge in [0.25, 0.3) is 0 Å². The van der Waals surface area contributed by atoms with Crippen molar-refractivity contribution >= 4 is 40.0 Å².